The summed E-state index contributed by atoms with van der Waals surface area (Å²) in [7, 11) is 1.78. The van der Waals surface area contributed by atoms with Gasteiger partial charge in [-0.05, 0) is 62.4 Å². The van der Waals surface area contributed by atoms with Gasteiger partial charge in [-0.15, -0.1) is 0 Å². The Bertz CT molecular complexity index is 1290. The van der Waals surface area contributed by atoms with Crippen LogP contribution in [0, 0.1) is 6.92 Å². The summed E-state index contributed by atoms with van der Waals surface area (Å²) in [6.45, 7) is 3.42. The van der Waals surface area contributed by atoms with Crippen LogP contribution in [0.15, 0.2) is 89.7 Å². The van der Waals surface area contributed by atoms with E-state index in [0.29, 0.717) is 17.2 Å². The van der Waals surface area contributed by atoms with E-state index in [4.69, 9.17) is 9.47 Å². The zero-order valence-corrected chi connectivity index (χ0v) is 18.7. The van der Waals surface area contributed by atoms with Crippen molar-refractivity contribution >= 4 is 11.6 Å². The minimum Gasteiger partial charge on any atom is -0.481 e. The molecule has 1 aromatic heterocycles. The van der Waals surface area contributed by atoms with Crippen molar-refractivity contribution in [2.45, 2.75) is 20.0 Å². The van der Waals surface area contributed by atoms with Crippen molar-refractivity contribution in [2.24, 2.45) is 7.05 Å². The average Bonchev–Trinajstić information content (AvgIpc) is 3.04. The van der Waals surface area contributed by atoms with Crippen LogP contribution in [0.25, 0.3) is 5.69 Å². The summed E-state index contributed by atoms with van der Waals surface area (Å²) < 4.78 is 14.8. The van der Waals surface area contributed by atoms with E-state index in [9.17, 15) is 9.59 Å². The molecule has 4 rings (SSSR count). The Morgan fingerprint density at radius 3 is 2.03 bits per heavy atom. The van der Waals surface area contributed by atoms with Crippen LogP contribution < -0.4 is 20.3 Å². The van der Waals surface area contributed by atoms with Gasteiger partial charge in [-0.3, -0.25) is 14.3 Å². The summed E-state index contributed by atoms with van der Waals surface area (Å²) in [6, 6.07) is 25.7. The topological polar surface area (TPSA) is 74.5 Å². The molecule has 1 heterocycles. The van der Waals surface area contributed by atoms with E-state index in [2.05, 4.69) is 5.32 Å². The Hall–Kier alpha value is -4.26. The Kier molecular flexibility index (Phi) is 6.31. The number of amides is 1. The van der Waals surface area contributed by atoms with Crippen molar-refractivity contribution in [3.63, 3.8) is 0 Å². The molecule has 0 radical (unpaired) electrons. The highest BCUT2D eigenvalue weighted by Crippen LogP contribution is 2.24. The van der Waals surface area contributed by atoms with Crippen molar-refractivity contribution in [2.75, 3.05) is 5.32 Å². The lowest BCUT2D eigenvalue weighted by Crippen LogP contribution is -2.32. The second kappa shape index (κ2) is 9.48. The molecule has 7 nitrogen and oxygen atoms in total. The highest BCUT2D eigenvalue weighted by atomic mass is 16.5. The van der Waals surface area contributed by atoms with E-state index in [0.717, 1.165) is 11.4 Å². The van der Waals surface area contributed by atoms with Crippen LogP contribution in [-0.4, -0.2) is 21.4 Å². The number of anilines is 1. The maximum atomic E-state index is 13.0. The molecule has 1 atom stereocenters. The predicted molar refractivity (Wildman–Crippen MR) is 127 cm³/mol. The first kappa shape index (κ1) is 22.0. The standard InChI is InChI=1S/C26H25N3O4/c1-18-24(26(31)29(28(18)3)20-10-6-4-7-11-20)27-25(30)19(2)32-22-14-16-23(17-15-22)33-21-12-8-5-9-13-21/h4-17,19H,1-3H3,(H,27,30). The molecule has 0 aliphatic carbocycles. The number of nitrogens with zero attached hydrogens (tertiary/aromatic N) is 2. The number of para-hydroxylation sites is 2. The third-order valence-corrected chi connectivity index (χ3v) is 5.29. The van der Waals surface area contributed by atoms with Crippen molar-refractivity contribution in [1.29, 1.82) is 0 Å². The first-order valence-electron chi connectivity index (χ1n) is 10.6. The van der Waals surface area contributed by atoms with Crippen LogP contribution in [0.1, 0.15) is 12.6 Å². The smallest absolute Gasteiger partial charge is 0.295 e. The third-order valence-electron chi connectivity index (χ3n) is 5.29. The molecule has 0 saturated carbocycles. The maximum absolute atomic E-state index is 13.0. The fourth-order valence-electron chi connectivity index (χ4n) is 3.41. The Labute approximate surface area is 191 Å². The molecule has 0 aliphatic rings. The summed E-state index contributed by atoms with van der Waals surface area (Å²) in [4.78, 5) is 25.8. The minimum absolute atomic E-state index is 0.230. The second-order valence-corrected chi connectivity index (χ2v) is 7.57. The number of carbonyl (C=O) groups is 1. The largest absolute Gasteiger partial charge is 0.481 e. The molecule has 3 aromatic carbocycles. The molecular formula is C26H25N3O4. The van der Waals surface area contributed by atoms with E-state index >= 15 is 0 Å². The number of hydrogen-bond donors (Lipinski definition) is 1. The van der Waals surface area contributed by atoms with Gasteiger partial charge in [0.25, 0.3) is 11.5 Å². The van der Waals surface area contributed by atoms with Gasteiger partial charge in [0, 0.05) is 7.05 Å². The third kappa shape index (κ3) is 4.82. The van der Waals surface area contributed by atoms with Gasteiger partial charge in [-0.2, -0.15) is 0 Å². The van der Waals surface area contributed by atoms with E-state index in [1.165, 1.54) is 4.68 Å². The summed E-state index contributed by atoms with van der Waals surface area (Å²) in [5, 5.41) is 2.73. The van der Waals surface area contributed by atoms with Crippen LogP contribution >= 0.6 is 0 Å². The van der Waals surface area contributed by atoms with Crippen molar-refractivity contribution in [3.05, 3.63) is 101 Å². The minimum atomic E-state index is -0.810. The monoisotopic (exact) mass is 443 g/mol. The Morgan fingerprint density at radius 2 is 1.39 bits per heavy atom. The summed E-state index contributed by atoms with van der Waals surface area (Å²) in [5.41, 5.74) is 1.29. The van der Waals surface area contributed by atoms with E-state index in [1.54, 1.807) is 49.8 Å². The first-order chi connectivity index (χ1) is 15.9. The number of ether oxygens (including phenoxy) is 2. The van der Waals surface area contributed by atoms with Gasteiger partial charge in [0.15, 0.2) is 6.10 Å². The lowest BCUT2D eigenvalue weighted by atomic mass is 10.3. The molecule has 1 unspecified atom stereocenters. The number of benzene rings is 3. The summed E-state index contributed by atoms with van der Waals surface area (Å²) >= 11 is 0. The number of rotatable bonds is 7. The van der Waals surface area contributed by atoms with Crippen LogP contribution in [0.4, 0.5) is 5.69 Å². The van der Waals surface area contributed by atoms with Crippen LogP contribution in [-0.2, 0) is 11.8 Å². The van der Waals surface area contributed by atoms with Gasteiger partial charge < -0.3 is 14.8 Å². The second-order valence-electron chi connectivity index (χ2n) is 7.57. The van der Waals surface area contributed by atoms with Gasteiger partial charge in [0.2, 0.25) is 0 Å². The number of carbonyl (C=O) groups excluding carboxylic acids is 1. The van der Waals surface area contributed by atoms with E-state index in [1.807, 2.05) is 60.7 Å². The Balaban J connectivity index is 1.44. The number of aromatic nitrogens is 2. The van der Waals surface area contributed by atoms with Crippen LogP contribution in [0.3, 0.4) is 0 Å². The van der Waals surface area contributed by atoms with Gasteiger partial charge in [0.1, 0.15) is 22.9 Å². The zero-order chi connectivity index (χ0) is 23.4. The SMILES string of the molecule is Cc1c(NC(=O)C(C)Oc2ccc(Oc3ccccc3)cc2)c(=O)n(-c2ccccc2)n1C. The molecule has 33 heavy (non-hydrogen) atoms. The van der Waals surface area contributed by atoms with E-state index < -0.39 is 12.0 Å². The normalized spacial score (nSPS) is 11.6. The average molecular weight is 444 g/mol. The maximum Gasteiger partial charge on any atom is 0.295 e. The molecule has 1 amide bonds. The molecule has 0 bridgehead atoms. The molecule has 4 aromatic rings. The first-order valence-corrected chi connectivity index (χ1v) is 10.6. The predicted octanol–water partition coefficient (Wildman–Crippen LogP) is 4.68. The molecule has 0 spiro atoms. The molecule has 7 heteroatoms. The fourth-order valence-corrected chi connectivity index (χ4v) is 3.41. The molecule has 1 N–H and O–H groups in total. The lowest BCUT2D eigenvalue weighted by Gasteiger charge is -2.14. The van der Waals surface area contributed by atoms with Crippen molar-refractivity contribution < 1.29 is 14.3 Å². The quantitative estimate of drug-likeness (QED) is 0.450. The van der Waals surface area contributed by atoms with E-state index in [-0.39, 0.29) is 11.2 Å². The molecule has 0 aliphatic heterocycles. The number of nitrogens with one attached hydrogen (secondary N) is 1. The highest BCUT2D eigenvalue weighted by Gasteiger charge is 2.22. The Morgan fingerprint density at radius 1 is 0.848 bits per heavy atom. The van der Waals surface area contributed by atoms with Crippen LogP contribution in [0.5, 0.6) is 17.2 Å². The number of hydrogen-bond acceptors (Lipinski definition) is 4. The fraction of sp³-hybridized carbons (Fsp3) is 0.154. The highest BCUT2D eigenvalue weighted by molar-refractivity contribution is 5.94. The van der Waals surface area contributed by atoms with Gasteiger partial charge in [-0.1, -0.05) is 36.4 Å². The molecule has 0 fully saturated rings. The molecular weight excluding hydrogens is 418 g/mol. The zero-order valence-electron chi connectivity index (χ0n) is 18.7. The van der Waals surface area contributed by atoms with Crippen LogP contribution in [0.2, 0.25) is 0 Å². The van der Waals surface area contributed by atoms with Gasteiger partial charge >= 0.3 is 0 Å². The van der Waals surface area contributed by atoms with Crippen molar-refractivity contribution in [1.82, 2.24) is 9.36 Å². The molecule has 0 saturated heterocycles. The summed E-state index contributed by atoms with van der Waals surface area (Å²) in [5.74, 6) is 1.50. The molecule has 168 valence electrons. The lowest BCUT2D eigenvalue weighted by molar-refractivity contribution is -0.122. The van der Waals surface area contributed by atoms with Crippen molar-refractivity contribution in [3.8, 4) is 22.9 Å². The van der Waals surface area contributed by atoms with Gasteiger partial charge in [0.05, 0.1) is 11.4 Å². The summed E-state index contributed by atoms with van der Waals surface area (Å²) in [6.07, 6.45) is -0.810. The van der Waals surface area contributed by atoms with Gasteiger partial charge in [-0.25, -0.2) is 4.68 Å².